The number of unbranched alkanes of at least 4 members (excludes halogenated alkanes) is 1. The van der Waals surface area contributed by atoms with Gasteiger partial charge < -0.3 is 10.1 Å². The summed E-state index contributed by atoms with van der Waals surface area (Å²) in [6.45, 7) is 2.89. The highest BCUT2D eigenvalue weighted by atomic mass is 16.5. The number of amides is 1. The molecule has 98 valence electrons. The molecular weight excluding hydrogens is 226 g/mol. The van der Waals surface area contributed by atoms with Gasteiger partial charge in [-0.05, 0) is 43.4 Å². The van der Waals surface area contributed by atoms with Crippen LogP contribution in [0.3, 0.4) is 0 Å². The van der Waals surface area contributed by atoms with E-state index >= 15 is 0 Å². The van der Waals surface area contributed by atoms with Crippen LogP contribution < -0.4 is 5.32 Å². The normalized spacial score (nSPS) is 18.8. The van der Waals surface area contributed by atoms with Crippen LogP contribution in [0.1, 0.15) is 38.2 Å². The average molecular weight is 247 g/mol. The maximum atomic E-state index is 11.8. The topological polar surface area (TPSA) is 38.3 Å². The van der Waals surface area contributed by atoms with Crippen molar-refractivity contribution in [3.05, 3.63) is 29.8 Å². The molecule has 3 nitrogen and oxygen atoms in total. The number of anilines is 1. The zero-order valence-corrected chi connectivity index (χ0v) is 10.9. The van der Waals surface area contributed by atoms with Crippen molar-refractivity contribution in [1.29, 1.82) is 0 Å². The molecular formula is C15H21NO2. The molecule has 1 aromatic rings. The minimum atomic E-state index is -0.259. The number of hydrogen-bond donors (Lipinski definition) is 1. The highest BCUT2D eigenvalue weighted by molar-refractivity contribution is 5.94. The van der Waals surface area contributed by atoms with Gasteiger partial charge in [-0.15, -0.1) is 0 Å². The summed E-state index contributed by atoms with van der Waals surface area (Å²) >= 11 is 0. The first kappa shape index (κ1) is 13.1. The van der Waals surface area contributed by atoms with Gasteiger partial charge in [0.25, 0.3) is 5.91 Å². The van der Waals surface area contributed by atoms with Gasteiger partial charge in [0.15, 0.2) is 0 Å². The van der Waals surface area contributed by atoms with Crippen LogP contribution in [0.4, 0.5) is 5.69 Å². The van der Waals surface area contributed by atoms with E-state index in [1.807, 2.05) is 12.1 Å². The maximum absolute atomic E-state index is 11.8. The van der Waals surface area contributed by atoms with E-state index in [-0.39, 0.29) is 12.0 Å². The predicted octanol–water partition coefficient (Wildman–Crippen LogP) is 3.15. The first-order valence-electron chi connectivity index (χ1n) is 6.81. The summed E-state index contributed by atoms with van der Waals surface area (Å²) in [4.78, 5) is 11.8. The highest BCUT2D eigenvalue weighted by Gasteiger charge is 2.23. The number of aryl methyl sites for hydroxylation is 1. The third-order valence-corrected chi connectivity index (χ3v) is 3.26. The van der Waals surface area contributed by atoms with Crippen molar-refractivity contribution in [2.45, 2.75) is 45.1 Å². The first-order valence-corrected chi connectivity index (χ1v) is 6.81. The zero-order valence-electron chi connectivity index (χ0n) is 10.9. The van der Waals surface area contributed by atoms with E-state index in [2.05, 4.69) is 24.4 Å². The van der Waals surface area contributed by atoms with Crippen LogP contribution in [0.5, 0.6) is 0 Å². The van der Waals surface area contributed by atoms with Crippen LogP contribution in [-0.4, -0.2) is 18.6 Å². The lowest BCUT2D eigenvalue weighted by atomic mass is 10.1. The van der Waals surface area contributed by atoms with Crippen molar-refractivity contribution in [3.8, 4) is 0 Å². The van der Waals surface area contributed by atoms with E-state index in [4.69, 9.17) is 4.74 Å². The fourth-order valence-electron chi connectivity index (χ4n) is 2.14. The molecule has 0 unspecified atom stereocenters. The Balaban J connectivity index is 1.87. The molecule has 1 fully saturated rings. The SMILES string of the molecule is CCCCc1ccc(NC(=O)[C@@H]2CCCO2)cc1. The lowest BCUT2D eigenvalue weighted by Gasteiger charge is -2.10. The Labute approximate surface area is 109 Å². The van der Waals surface area contributed by atoms with E-state index in [1.165, 1.54) is 18.4 Å². The standard InChI is InChI=1S/C15H21NO2/c1-2-3-5-12-7-9-13(10-8-12)16-15(17)14-6-4-11-18-14/h7-10,14H,2-6,11H2,1H3,(H,16,17)/t14-/m0/s1. The molecule has 2 rings (SSSR count). The second-order valence-electron chi connectivity index (χ2n) is 4.79. The number of ether oxygens (including phenoxy) is 1. The maximum Gasteiger partial charge on any atom is 0.253 e. The summed E-state index contributed by atoms with van der Waals surface area (Å²) in [7, 11) is 0. The molecule has 0 aromatic heterocycles. The number of nitrogens with one attached hydrogen (secondary N) is 1. The number of benzene rings is 1. The van der Waals surface area contributed by atoms with Crippen LogP contribution >= 0.6 is 0 Å². The number of hydrogen-bond acceptors (Lipinski definition) is 2. The van der Waals surface area contributed by atoms with Gasteiger partial charge in [0.1, 0.15) is 6.10 Å². The van der Waals surface area contributed by atoms with E-state index in [0.717, 1.165) is 24.9 Å². The van der Waals surface area contributed by atoms with E-state index in [9.17, 15) is 4.79 Å². The van der Waals surface area contributed by atoms with Crippen LogP contribution in [0.15, 0.2) is 24.3 Å². The molecule has 1 aliphatic rings. The van der Waals surface area contributed by atoms with Gasteiger partial charge in [-0.3, -0.25) is 4.79 Å². The molecule has 1 saturated heterocycles. The van der Waals surface area contributed by atoms with Gasteiger partial charge in [0, 0.05) is 12.3 Å². The Morgan fingerprint density at radius 1 is 1.39 bits per heavy atom. The van der Waals surface area contributed by atoms with Crippen molar-refractivity contribution in [2.75, 3.05) is 11.9 Å². The number of carbonyl (C=O) groups excluding carboxylic acids is 1. The first-order chi connectivity index (χ1) is 8.79. The van der Waals surface area contributed by atoms with Crippen molar-refractivity contribution in [3.63, 3.8) is 0 Å². The highest BCUT2D eigenvalue weighted by Crippen LogP contribution is 2.16. The molecule has 0 spiro atoms. The second-order valence-corrected chi connectivity index (χ2v) is 4.79. The van der Waals surface area contributed by atoms with Crippen molar-refractivity contribution >= 4 is 11.6 Å². The van der Waals surface area contributed by atoms with Crippen LogP contribution in [0.2, 0.25) is 0 Å². The van der Waals surface area contributed by atoms with Gasteiger partial charge in [-0.1, -0.05) is 25.5 Å². The molecule has 3 heteroatoms. The zero-order chi connectivity index (χ0) is 12.8. The third-order valence-electron chi connectivity index (χ3n) is 3.26. The molecule has 1 aromatic carbocycles. The quantitative estimate of drug-likeness (QED) is 0.868. The lowest BCUT2D eigenvalue weighted by molar-refractivity contribution is -0.124. The van der Waals surface area contributed by atoms with Gasteiger partial charge in [-0.25, -0.2) is 0 Å². The van der Waals surface area contributed by atoms with Crippen molar-refractivity contribution in [1.82, 2.24) is 0 Å². The smallest absolute Gasteiger partial charge is 0.253 e. The summed E-state index contributed by atoms with van der Waals surface area (Å²) in [5.74, 6) is -0.0196. The minimum Gasteiger partial charge on any atom is -0.368 e. The summed E-state index contributed by atoms with van der Waals surface area (Å²) in [6.07, 6.45) is 5.08. The Kier molecular flexibility index (Phi) is 4.76. The summed E-state index contributed by atoms with van der Waals surface area (Å²) in [6, 6.07) is 8.11. The molecule has 18 heavy (non-hydrogen) atoms. The molecule has 1 amide bonds. The average Bonchev–Trinajstić information content (AvgIpc) is 2.92. The van der Waals surface area contributed by atoms with Gasteiger partial charge in [0.05, 0.1) is 0 Å². The summed E-state index contributed by atoms with van der Waals surface area (Å²) < 4.78 is 5.35. The summed E-state index contributed by atoms with van der Waals surface area (Å²) in [5, 5.41) is 2.90. The Bertz CT molecular complexity index is 380. The lowest BCUT2D eigenvalue weighted by Crippen LogP contribution is -2.26. The van der Waals surface area contributed by atoms with Gasteiger partial charge >= 0.3 is 0 Å². The van der Waals surface area contributed by atoms with Crippen molar-refractivity contribution < 1.29 is 9.53 Å². The second kappa shape index (κ2) is 6.55. The van der Waals surface area contributed by atoms with E-state index < -0.39 is 0 Å². The number of rotatable bonds is 5. The molecule has 0 bridgehead atoms. The van der Waals surface area contributed by atoms with Crippen LogP contribution in [0.25, 0.3) is 0 Å². The molecule has 1 heterocycles. The van der Waals surface area contributed by atoms with Gasteiger partial charge in [-0.2, -0.15) is 0 Å². The van der Waals surface area contributed by atoms with Crippen LogP contribution in [-0.2, 0) is 16.0 Å². The Morgan fingerprint density at radius 2 is 2.17 bits per heavy atom. The molecule has 1 atom stereocenters. The molecule has 0 saturated carbocycles. The molecule has 0 radical (unpaired) electrons. The summed E-state index contributed by atoms with van der Waals surface area (Å²) in [5.41, 5.74) is 2.18. The van der Waals surface area contributed by atoms with Gasteiger partial charge in [0.2, 0.25) is 0 Å². The molecule has 1 aliphatic heterocycles. The van der Waals surface area contributed by atoms with Crippen LogP contribution in [0, 0.1) is 0 Å². The Hall–Kier alpha value is -1.35. The predicted molar refractivity (Wildman–Crippen MR) is 72.7 cm³/mol. The van der Waals surface area contributed by atoms with E-state index in [1.54, 1.807) is 0 Å². The Morgan fingerprint density at radius 3 is 2.78 bits per heavy atom. The van der Waals surface area contributed by atoms with E-state index in [0.29, 0.717) is 6.61 Å². The fraction of sp³-hybridized carbons (Fsp3) is 0.533. The minimum absolute atomic E-state index is 0.0196. The number of carbonyl (C=O) groups is 1. The van der Waals surface area contributed by atoms with Crippen molar-refractivity contribution in [2.24, 2.45) is 0 Å². The molecule has 0 aliphatic carbocycles. The third kappa shape index (κ3) is 3.57. The monoisotopic (exact) mass is 247 g/mol. The fourth-order valence-corrected chi connectivity index (χ4v) is 2.14. The largest absolute Gasteiger partial charge is 0.368 e. The molecule has 1 N–H and O–H groups in total.